The fourth-order valence-corrected chi connectivity index (χ4v) is 3.45. The van der Waals surface area contributed by atoms with E-state index in [9.17, 15) is 9.50 Å². The maximum absolute atomic E-state index is 13.3. The number of hydrogen-bond donors (Lipinski definition) is 1. The standard InChI is InChI=1S/C16H17FNOP.2ClH.Ti/c1-10-6-11(2)16(19)15(7-10)20-14-5-4-13(17)8-12(14)9-18-3;;;/h4-9,19-20H,1-3H3;2*1H;/q;;;+2/p-2. The van der Waals surface area contributed by atoms with Crippen molar-refractivity contribution >= 4 is 44.0 Å². The molecule has 23 heavy (non-hydrogen) atoms. The van der Waals surface area contributed by atoms with Crippen molar-refractivity contribution in [3.63, 3.8) is 0 Å². The number of phenolic OH excluding ortho intramolecular Hbond substituents is 1. The van der Waals surface area contributed by atoms with Crippen LogP contribution in [0.2, 0.25) is 0 Å². The van der Waals surface area contributed by atoms with Crippen LogP contribution in [-0.4, -0.2) is 18.4 Å². The third-order valence-electron chi connectivity index (χ3n) is 3.00. The molecule has 0 aromatic heterocycles. The normalized spacial score (nSPS) is 10.9. The van der Waals surface area contributed by atoms with Gasteiger partial charge >= 0.3 is 35.6 Å². The minimum absolute atomic E-state index is 0.265. The fraction of sp³-hybridized carbons (Fsp3) is 0.188. The van der Waals surface area contributed by atoms with Gasteiger partial charge in [-0.3, -0.25) is 4.99 Å². The molecule has 1 N–H and O–H groups in total. The number of rotatable bonds is 3. The minimum atomic E-state index is -0.556. The number of nitrogens with zero attached hydrogens (tertiary/aromatic N) is 1. The summed E-state index contributed by atoms with van der Waals surface area (Å²) in [5.41, 5.74) is 2.72. The molecule has 7 heteroatoms. The molecule has 0 aliphatic heterocycles. The van der Waals surface area contributed by atoms with Gasteiger partial charge in [0.25, 0.3) is 0 Å². The summed E-state index contributed by atoms with van der Waals surface area (Å²) < 4.78 is 13.3. The molecule has 0 heterocycles. The van der Waals surface area contributed by atoms with Crippen LogP contribution in [0.1, 0.15) is 16.7 Å². The van der Waals surface area contributed by atoms with Crippen molar-refractivity contribution in [3.8, 4) is 5.75 Å². The van der Waals surface area contributed by atoms with Crippen LogP contribution in [0.25, 0.3) is 0 Å². The van der Waals surface area contributed by atoms with Crippen LogP contribution in [0, 0.1) is 19.7 Å². The van der Waals surface area contributed by atoms with Crippen molar-refractivity contribution in [2.24, 2.45) is 4.99 Å². The Morgan fingerprint density at radius 3 is 2.43 bits per heavy atom. The van der Waals surface area contributed by atoms with E-state index >= 15 is 0 Å². The van der Waals surface area contributed by atoms with Gasteiger partial charge in [0, 0.05) is 24.1 Å². The van der Waals surface area contributed by atoms with E-state index in [1.165, 1.54) is 12.1 Å². The van der Waals surface area contributed by atoms with Crippen molar-refractivity contribution < 1.29 is 26.5 Å². The van der Waals surface area contributed by atoms with Crippen LogP contribution >= 0.6 is 27.2 Å². The average molecular weight is 408 g/mol. The molecule has 0 spiro atoms. The molecule has 0 amide bonds. The number of aryl methyl sites for hydroxylation is 2. The van der Waals surface area contributed by atoms with Crippen LogP contribution in [0.5, 0.6) is 5.75 Å². The molecule has 0 saturated heterocycles. The second-order valence-corrected chi connectivity index (χ2v) is 8.70. The Morgan fingerprint density at radius 2 is 1.83 bits per heavy atom. The SMILES string of the molecule is CN=Cc1cc(F)ccc1Pc1cc(C)cc(C)c1O.[Cl][Ti][Cl]. The van der Waals surface area contributed by atoms with Crippen LogP contribution in [0.15, 0.2) is 35.3 Å². The molecule has 0 aliphatic rings. The molecule has 2 aromatic rings. The van der Waals surface area contributed by atoms with Crippen LogP contribution in [0.4, 0.5) is 4.39 Å². The molecular formula is C16H17Cl2FNOPTi. The topological polar surface area (TPSA) is 32.6 Å². The zero-order valence-electron chi connectivity index (χ0n) is 13.0. The van der Waals surface area contributed by atoms with Crippen molar-refractivity contribution in [2.45, 2.75) is 13.8 Å². The quantitative estimate of drug-likeness (QED) is 0.461. The number of aromatic hydroxyl groups is 1. The Balaban J connectivity index is 0.000000816. The summed E-state index contributed by atoms with van der Waals surface area (Å²) in [5.74, 6) is 0.0377. The monoisotopic (exact) mass is 407 g/mol. The molecular weight excluding hydrogens is 391 g/mol. The number of aliphatic imine (C=N–C) groups is 1. The Labute approximate surface area is 154 Å². The third-order valence-corrected chi connectivity index (χ3v) is 4.37. The molecule has 1 atom stereocenters. The van der Waals surface area contributed by atoms with Crippen LogP contribution < -0.4 is 10.6 Å². The number of phenols is 1. The molecule has 0 fully saturated rings. The van der Waals surface area contributed by atoms with E-state index in [0.717, 1.165) is 27.3 Å². The fourth-order valence-electron chi connectivity index (χ4n) is 2.09. The number of benzene rings is 2. The van der Waals surface area contributed by atoms with E-state index in [1.807, 2.05) is 26.0 Å². The molecule has 1 unspecified atom stereocenters. The van der Waals surface area contributed by atoms with Gasteiger partial charge in [-0.2, -0.15) is 0 Å². The van der Waals surface area contributed by atoms with Gasteiger partial charge in [-0.15, -0.1) is 0 Å². The van der Waals surface area contributed by atoms with Gasteiger partial charge < -0.3 is 5.11 Å². The van der Waals surface area contributed by atoms with Gasteiger partial charge in [-0.1, -0.05) is 20.7 Å². The Bertz CT molecular complexity index is 698. The van der Waals surface area contributed by atoms with Crippen molar-refractivity contribution in [1.29, 1.82) is 0 Å². The first-order valence-electron chi connectivity index (χ1n) is 6.68. The summed E-state index contributed by atoms with van der Waals surface area (Å²) in [6.07, 6.45) is 1.64. The molecule has 2 nitrogen and oxygen atoms in total. The summed E-state index contributed by atoms with van der Waals surface area (Å²) in [7, 11) is 11.7. The molecule has 0 aliphatic carbocycles. The van der Waals surface area contributed by atoms with Gasteiger partial charge in [-0.05, 0) is 48.5 Å². The second-order valence-electron chi connectivity index (χ2n) is 4.79. The first kappa shape index (κ1) is 20.6. The molecule has 2 aromatic carbocycles. The predicted octanol–water partition coefficient (Wildman–Crippen LogP) is 4.20. The number of hydrogen-bond acceptors (Lipinski definition) is 2. The van der Waals surface area contributed by atoms with Gasteiger partial charge in [0.15, 0.2) is 0 Å². The van der Waals surface area contributed by atoms with Crippen LogP contribution in [-0.2, 0) is 17.0 Å². The molecule has 122 valence electrons. The molecule has 0 saturated carbocycles. The summed E-state index contributed by atoms with van der Waals surface area (Å²) in [5, 5.41) is 12.0. The van der Waals surface area contributed by atoms with Crippen molar-refractivity contribution in [3.05, 3.63) is 52.8 Å². The summed E-state index contributed by atoms with van der Waals surface area (Å²) in [4.78, 5) is 3.96. The summed E-state index contributed by atoms with van der Waals surface area (Å²) in [6.45, 7) is 3.88. The van der Waals surface area contributed by atoms with E-state index in [1.54, 1.807) is 19.3 Å². The van der Waals surface area contributed by atoms with E-state index in [-0.39, 0.29) is 14.4 Å². The second kappa shape index (κ2) is 10.4. The Kier molecular flexibility index (Phi) is 9.35. The first-order chi connectivity index (χ1) is 10.9. The summed E-state index contributed by atoms with van der Waals surface area (Å²) >= 11 is -0.556. The van der Waals surface area contributed by atoms with Gasteiger partial charge in [0.05, 0.1) is 0 Å². The Hall–Kier alpha value is -0.436. The van der Waals surface area contributed by atoms with Gasteiger partial charge in [-0.25, -0.2) is 4.39 Å². The van der Waals surface area contributed by atoms with Crippen molar-refractivity contribution in [1.82, 2.24) is 0 Å². The van der Waals surface area contributed by atoms with Gasteiger partial charge in [0.2, 0.25) is 0 Å². The average Bonchev–Trinajstić information content (AvgIpc) is 2.48. The summed E-state index contributed by atoms with van der Waals surface area (Å²) in [6, 6.07) is 8.57. The molecule has 0 radical (unpaired) electrons. The maximum atomic E-state index is 13.3. The third kappa shape index (κ3) is 6.53. The van der Waals surface area contributed by atoms with E-state index in [2.05, 4.69) is 4.99 Å². The first-order valence-corrected chi connectivity index (χ1v) is 12.0. The van der Waals surface area contributed by atoms with Gasteiger partial charge in [0.1, 0.15) is 11.6 Å². The number of halogens is 3. The predicted molar refractivity (Wildman–Crippen MR) is 96.8 cm³/mol. The van der Waals surface area contributed by atoms with Crippen LogP contribution in [0.3, 0.4) is 0 Å². The van der Waals surface area contributed by atoms with Crippen molar-refractivity contribution in [2.75, 3.05) is 7.05 Å². The Morgan fingerprint density at radius 1 is 1.17 bits per heavy atom. The zero-order valence-corrected chi connectivity index (χ0v) is 17.1. The molecule has 2 rings (SSSR count). The van der Waals surface area contributed by atoms with E-state index < -0.39 is 17.0 Å². The molecule has 0 bridgehead atoms. The van der Waals surface area contributed by atoms with E-state index in [4.69, 9.17) is 18.6 Å². The zero-order chi connectivity index (χ0) is 17.4. The van der Waals surface area contributed by atoms with E-state index in [0.29, 0.717) is 5.75 Å².